The third kappa shape index (κ3) is 13.8. The summed E-state index contributed by atoms with van der Waals surface area (Å²) in [4.78, 5) is 83.1. The maximum absolute atomic E-state index is 13.8. The lowest BCUT2D eigenvalue weighted by atomic mass is 9.98. The van der Waals surface area contributed by atoms with Crippen LogP contribution in [0.2, 0.25) is 0 Å². The van der Waals surface area contributed by atoms with E-state index in [0.717, 1.165) is 80.4 Å². The number of nitrogens with zero attached hydrogens (tertiary/aromatic N) is 5. The summed E-state index contributed by atoms with van der Waals surface area (Å²) in [7, 11) is 1.66. The third-order valence-electron chi connectivity index (χ3n) is 13.4. The molecule has 3 fully saturated rings. The molecule has 15 nitrogen and oxygen atoms in total. The van der Waals surface area contributed by atoms with E-state index in [1.165, 1.54) is 17.4 Å². The number of urea groups is 1. The molecule has 65 heavy (non-hydrogen) atoms. The highest BCUT2D eigenvalue weighted by Gasteiger charge is 2.35. The number of aromatic nitrogens is 1. The Hall–Kier alpha value is -5.34. The predicted octanol–water partition coefficient (Wildman–Crippen LogP) is 8.09. The molecule has 1 atom stereocenters. The highest BCUT2D eigenvalue weighted by Crippen LogP contribution is 2.27. The fraction of sp³-hybridized carbons (Fsp3) is 0.640. The van der Waals surface area contributed by atoms with Crippen molar-refractivity contribution in [3.05, 3.63) is 63.6 Å². The fourth-order valence-corrected chi connectivity index (χ4v) is 9.23. The Labute approximate surface area is 385 Å². The van der Waals surface area contributed by atoms with Crippen molar-refractivity contribution in [3.63, 3.8) is 0 Å². The summed E-state index contributed by atoms with van der Waals surface area (Å²) in [5, 5.41) is 3.03. The first-order chi connectivity index (χ1) is 30.8. The molecule has 0 aliphatic carbocycles. The number of likely N-dealkylation sites (tertiary alicyclic amines) is 3. The number of benzene rings is 2. The number of fused-ring (bicyclic) bond motifs is 2. The van der Waals surface area contributed by atoms with E-state index >= 15 is 0 Å². The molecular formula is C50H74N6O9. The Kier molecular flexibility index (Phi) is 18.9. The molecule has 1 aromatic heterocycles. The Morgan fingerprint density at radius 3 is 2.14 bits per heavy atom. The lowest BCUT2D eigenvalue weighted by molar-refractivity contribution is -0.146. The van der Waals surface area contributed by atoms with E-state index in [-0.39, 0.29) is 50.1 Å². The first-order valence-electron chi connectivity index (χ1n) is 23.7. The zero-order chi connectivity index (χ0) is 45.8. The molecule has 2 aromatic carbocycles. The Morgan fingerprint density at radius 2 is 1.46 bits per heavy atom. The monoisotopic (exact) mass is 903 g/mol. The van der Waals surface area contributed by atoms with Gasteiger partial charge in [-0.2, -0.15) is 0 Å². The number of anilines is 1. The lowest BCUT2D eigenvalue weighted by Gasteiger charge is -2.38. The van der Waals surface area contributed by atoms with Gasteiger partial charge in [0.1, 0.15) is 0 Å². The van der Waals surface area contributed by atoms with Crippen molar-refractivity contribution >= 4 is 46.7 Å². The minimum absolute atomic E-state index is 0. The molecule has 358 valence electrons. The van der Waals surface area contributed by atoms with E-state index in [0.29, 0.717) is 81.5 Å². The number of piperidine rings is 3. The SMILES string of the molecule is C.CCCCCCOC(=O)CCC(=O)N1CCC(C)CC1.Cc1cc(C[C@@H](OC(=O)N2CCC(N3CCc4ccccc4NC3=O)CC2)C(=O)N2CCC(C)CC2)cc2oc(=O)n(C)c12. The van der Waals surface area contributed by atoms with Crippen molar-refractivity contribution in [3.8, 4) is 0 Å². The summed E-state index contributed by atoms with van der Waals surface area (Å²) in [6.07, 6.45) is 9.57. The molecule has 0 saturated carbocycles. The van der Waals surface area contributed by atoms with Gasteiger partial charge < -0.3 is 38.8 Å². The van der Waals surface area contributed by atoms with Crippen molar-refractivity contribution in [1.82, 2.24) is 24.2 Å². The van der Waals surface area contributed by atoms with Crippen molar-refractivity contribution in [2.24, 2.45) is 18.9 Å². The van der Waals surface area contributed by atoms with Gasteiger partial charge in [-0.15, -0.1) is 0 Å². The van der Waals surface area contributed by atoms with Gasteiger partial charge >= 0.3 is 23.8 Å². The van der Waals surface area contributed by atoms with Gasteiger partial charge in [0, 0.05) is 77.4 Å². The summed E-state index contributed by atoms with van der Waals surface area (Å²) >= 11 is 0. The van der Waals surface area contributed by atoms with Crippen LogP contribution < -0.4 is 11.1 Å². The molecule has 3 saturated heterocycles. The van der Waals surface area contributed by atoms with Gasteiger partial charge in [0.05, 0.1) is 18.5 Å². The fourth-order valence-electron chi connectivity index (χ4n) is 9.23. The molecule has 0 radical (unpaired) electrons. The summed E-state index contributed by atoms with van der Waals surface area (Å²) in [6, 6.07) is 11.4. The van der Waals surface area contributed by atoms with Crippen LogP contribution in [0.5, 0.6) is 0 Å². The standard InChI is InChI=1S/C33H41N5O6.C16H29NO3.CH4/c1-21-8-13-36(14-9-21)30(39)28(20-23-18-22(2)29-27(19-23)43-32(41)35(29)3)44-33(42)37-15-11-25(12-16-37)38-17-10-24-6-4-5-7-26(24)34-31(38)40;1-3-4-5-6-13-20-16(19)8-7-15(18)17-11-9-14(2)10-12-17;/h4-7,18-19,21,25,28H,8-17,20H2,1-3H3,(H,34,40);14H,3-13H2,1-2H3;1H4/t28-;;/m1../s1. The smallest absolute Gasteiger partial charge is 0.419 e. The zero-order valence-electron chi connectivity index (χ0n) is 38.7. The largest absolute Gasteiger partial charge is 0.466 e. The van der Waals surface area contributed by atoms with Crippen LogP contribution in [0.1, 0.15) is 122 Å². The second-order valence-corrected chi connectivity index (χ2v) is 18.4. The highest BCUT2D eigenvalue weighted by atomic mass is 16.6. The molecule has 5 heterocycles. The first kappa shape index (κ1) is 50.7. The second kappa shape index (κ2) is 24.3. The topological polar surface area (TPSA) is 164 Å². The van der Waals surface area contributed by atoms with Crippen LogP contribution in [0, 0.1) is 18.8 Å². The van der Waals surface area contributed by atoms with Crippen LogP contribution in [0.4, 0.5) is 15.3 Å². The van der Waals surface area contributed by atoms with Crippen LogP contribution >= 0.6 is 0 Å². The normalized spacial score (nSPS) is 17.8. The molecule has 3 aromatic rings. The minimum atomic E-state index is -1.00. The average Bonchev–Trinajstić information content (AvgIpc) is 3.46. The summed E-state index contributed by atoms with van der Waals surface area (Å²) in [6.45, 7) is 13.4. The van der Waals surface area contributed by atoms with Gasteiger partial charge in [0.15, 0.2) is 11.7 Å². The molecule has 15 heteroatoms. The zero-order valence-corrected chi connectivity index (χ0v) is 38.7. The average molecular weight is 903 g/mol. The number of unbranched alkanes of at least 4 members (excludes halogenated alkanes) is 3. The number of ether oxygens (including phenoxy) is 2. The molecule has 5 amide bonds. The Morgan fingerprint density at radius 1 is 0.815 bits per heavy atom. The van der Waals surface area contributed by atoms with E-state index < -0.39 is 18.0 Å². The number of carbonyl (C=O) groups is 5. The van der Waals surface area contributed by atoms with Crippen LogP contribution in [0.3, 0.4) is 0 Å². The maximum atomic E-state index is 13.8. The van der Waals surface area contributed by atoms with Crippen LogP contribution in [0.25, 0.3) is 11.1 Å². The summed E-state index contributed by atoms with van der Waals surface area (Å²) in [5.74, 6) is 0.473. The number of carbonyl (C=O) groups excluding carboxylic acids is 5. The molecule has 0 spiro atoms. The number of nitrogens with one attached hydrogen (secondary N) is 1. The summed E-state index contributed by atoms with van der Waals surface area (Å²) in [5.41, 5.74) is 4.72. The number of hydrogen-bond donors (Lipinski definition) is 1. The molecule has 0 bridgehead atoms. The van der Waals surface area contributed by atoms with E-state index in [4.69, 9.17) is 13.9 Å². The number of rotatable bonds is 13. The number of para-hydroxylation sites is 1. The second-order valence-electron chi connectivity index (χ2n) is 18.4. The lowest BCUT2D eigenvalue weighted by Crippen LogP contribution is -2.51. The Balaban J connectivity index is 0.000000319. The van der Waals surface area contributed by atoms with E-state index in [1.54, 1.807) is 22.9 Å². The third-order valence-corrected chi connectivity index (χ3v) is 13.4. The quantitative estimate of drug-likeness (QED) is 0.132. The van der Waals surface area contributed by atoms with Gasteiger partial charge in [0.25, 0.3) is 5.91 Å². The van der Waals surface area contributed by atoms with Gasteiger partial charge in [0.2, 0.25) is 5.91 Å². The summed E-state index contributed by atoms with van der Waals surface area (Å²) < 4.78 is 18.0. The molecule has 4 aliphatic rings. The number of oxazole rings is 1. The predicted molar refractivity (Wildman–Crippen MR) is 252 cm³/mol. The minimum Gasteiger partial charge on any atom is -0.466 e. The molecule has 4 aliphatic heterocycles. The van der Waals surface area contributed by atoms with Gasteiger partial charge in [-0.05, 0) is 98.9 Å². The molecule has 1 N–H and O–H groups in total. The molecule has 0 unspecified atom stereocenters. The van der Waals surface area contributed by atoms with Gasteiger partial charge in [-0.25, -0.2) is 14.4 Å². The van der Waals surface area contributed by atoms with Crippen LogP contribution in [-0.4, -0.2) is 119 Å². The van der Waals surface area contributed by atoms with E-state index in [2.05, 4.69) is 26.1 Å². The number of esters is 1. The molecule has 7 rings (SSSR count). The van der Waals surface area contributed by atoms with E-state index in [9.17, 15) is 28.8 Å². The number of hydrogen-bond acceptors (Lipinski definition) is 9. The number of aryl methyl sites for hydroxylation is 2. The van der Waals surface area contributed by atoms with Crippen molar-refractivity contribution < 1.29 is 37.9 Å². The van der Waals surface area contributed by atoms with Crippen molar-refractivity contribution in [2.45, 2.75) is 137 Å². The van der Waals surface area contributed by atoms with Crippen molar-refractivity contribution in [2.75, 3.05) is 57.7 Å². The van der Waals surface area contributed by atoms with Crippen LogP contribution in [0.15, 0.2) is 45.6 Å². The van der Waals surface area contributed by atoms with Crippen molar-refractivity contribution in [1.29, 1.82) is 0 Å². The molecular weight excluding hydrogens is 829 g/mol. The maximum Gasteiger partial charge on any atom is 0.419 e. The number of amides is 5. The van der Waals surface area contributed by atoms with Crippen LogP contribution in [-0.2, 0) is 43.7 Å². The first-order valence-corrected chi connectivity index (χ1v) is 23.7. The Bertz CT molecular complexity index is 2130. The van der Waals surface area contributed by atoms with Gasteiger partial charge in [-0.1, -0.05) is 71.7 Å². The highest BCUT2D eigenvalue weighted by molar-refractivity contribution is 5.91. The van der Waals surface area contributed by atoms with E-state index in [1.807, 2.05) is 47.1 Å². The van der Waals surface area contributed by atoms with Gasteiger partial charge in [-0.3, -0.25) is 19.0 Å².